The zero-order chi connectivity index (χ0) is 20.0. The van der Waals surface area contributed by atoms with Gasteiger partial charge in [-0.15, -0.1) is 0 Å². The predicted molar refractivity (Wildman–Crippen MR) is 105 cm³/mol. The largest absolute Gasteiger partial charge is 0.352 e. The van der Waals surface area contributed by atoms with Crippen molar-refractivity contribution >= 4 is 15.9 Å². The highest BCUT2D eigenvalue weighted by atomic mass is 32.2. The lowest BCUT2D eigenvalue weighted by molar-refractivity contribution is 0.0952. The van der Waals surface area contributed by atoms with E-state index in [1.807, 2.05) is 17.8 Å². The van der Waals surface area contributed by atoms with Crippen LogP contribution in [-0.2, 0) is 16.6 Å². The third kappa shape index (κ3) is 5.17. The van der Waals surface area contributed by atoms with Gasteiger partial charge in [0, 0.05) is 37.9 Å². The molecule has 2 rings (SSSR count). The molecule has 0 unspecified atom stereocenters. The van der Waals surface area contributed by atoms with Crippen LogP contribution in [0.4, 0.5) is 0 Å². The third-order valence-electron chi connectivity index (χ3n) is 4.39. The Bertz CT molecular complexity index is 886. The van der Waals surface area contributed by atoms with Crippen LogP contribution in [0.15, 0.2) is 35.5 Å². The second kappa shape index (κ2) is 9.14. The van der Waals surface area contributed by atoms with Crippen molar-refractivity contribution in [2.75, 3.05) is 19.6 Å². The van der Waals surface area contributed by atoms with Crippen LogP contribution < -0.4 is 5.32 Å². The fraction of sp³-hybridized carbons (Fsp3) is 0.474. The van der Waals surface area contributed by atoms with Gasteiger partial charge < -0.3 is 5.32 Å². The number of amides is 1. The average Bonchev–Trinajstić information content (AvgIpc) is 3.04. The van der Waals surface area contributed by atoms with Crippen LogP contribution in [0.5, 0.6) is 0 Å². The maximum Gasteiger partial charge on any atom is 0.251 e. The summed E-state index contributed by atoms with van der Waals surface area (Å²) >= 11 is 0. The van der Waals surface area contributed by atoms with E-state index in [9.17, 15) is 13.2 Å². The first-order chi connectivity index (χ1) is 12.8. The second-order valence-corrected chi connectivity index (χ2v) is 8.37. The van der Waals surface area contributed by atoms with Crippen LogP contribution in [0.1, 0.15) is 41.8 Å². The van der Waals surface area contributed by atoms with Crippen molar-refractivity contribution in [3.63, 3.8) is 0 Å². The van der Waals surface area contributed by atoms with Crippen molar-refractivity contribution in [1.29, 1.82) is 0 Å². The first kappa shape index (κ1) is 21.1. The molecule has 1 amide bonds. The molecule has 0 aliphatic rings. The highest BCUT2D eigenvalue weighted by molar-refractivity contribution is 7.89. The minimum atomic E-state index is -3.61. The SMILES string of the molecule is CCN(CC)S(=O)(=O)c1cc(C(=O)NCCCn2cc(C)cn2)ccc1C. The zero-order valence-electron chi connectivity index (χ0n) is 16.4. The summed E-state index contributed by atoms with van der Waals surface area (Å²) in [7, 11) is -3.61. The molecule has 0 aliphatic heterocycles. The number of carbonyl (C=O) groups excluding carboxylic acids is 1. The summed E-state index contributed by atoms with van der Waals surface area (Å²) in [6.45, 7) is 9.30. The standard InChI is InChI=1S/C19H28N4O3S/c1-5-23(6-2)27(25,26)18-12-17(9-8-16(18)4)19(24)20-10-7-11-22-14-15(3)13-21-22/h8-9,12-14H,5-7,10-11H2,1-4H3,(H,20,24). The molecule has 1 N–H and O–H groups in total. The van der Waals surface area contributed by atoms with Gasteiger partial charge >= 0.3 is 0 Å². The molecule has 0 aliphatic carbocycles. The Labute approximate surface area is 161 Å². The van der Waals surface area contributed by atoms with Gasteiger partial charge in [0.05, 0.1) is 11.1 Å². The molecule has 0 saturated heterocycles. The summed E-state index contributed by atoms with van der Waals surface area (Å²) in [5, 5.41) is 7.05. The van der Waals surface area contributed by atoms with Crippen molar-refractivity contribution in [3.8, 4) is 0 Å². The van der Waals surface area contributed by atoms with Gasteiger partial charge in [-0.3, -0.25) is 9.48 Å². The summed E-state index contributed by atoms with van der Waals surface area (Å²) in [5.74, 6) is -0.275. The number of hydrogen-bond donors (Lipinski definition) is 1. The van der Waals surface area contributed by atoms with E-state index in [1.54, 1.807) is 39.1 Å². The normalized spacial score (nSPS) is 11.7. The average molecular weight is 393 g/mol. The predicted octanol–water partition coefficient (Wildman–Crippen LogP) is 2.35. The van der Waals surface area contributed by atoms with E-state index in [0.29, 0.717) is 37.3 Å². The van der Waals surface area contributed by atoms with Crippen molar-refractivity contribution in [1.82, 2.24) is 19.4 Å². The Hall–Kier alpha value is -2.19. The number of nitrogens with zero attached hydrogens (tertiary/aromatic N) is 3. The molecule has 1 aromatic carbocycles. The van der Waals surface area contributed by atoms with E-state index in [2.05, 4.69) is 10.4 Å². The van der Waals surface area contributed by atoms with Crippen LogP contribution in [0.25, 0.3) is 0 Å². The Morgan fingerprint density at radius 2 is 1.93 bits per heavy atom. The first-order valence-corrected chi connectivity index (χ1v) is 10.6. The lowest BCUT2D eigenvalue weighted by atomic mass is 10.1. The lowest BCUT2D eigenvalue weighted by Crippen LogP contribution is -2.31. The van der Waals surface area contributed by atoms with Crippen LogP contribution in [0.3, 0.4) is 0 Å². The van der Waals surface area contributed by atoms with E-state index in [-0.39, 0.29) is 10.8 Å². The van der Waals surface area contributed by atoms with E-state index < -0.39 is 10.0 Å². The van der Waals surface area contributed by atoms with Gasteiger partial charge in [-0.25, -0.2) is 8.42 Å². The maximum atomic E-state index is 12.8. The number of carbonyl (C=O) groups is 1. The fourth-order valence-electron chi connectivity index (χ4n) is 2.86. The molecule has 148 valence electrons. The number of nitrogens with one attached hydrogen (secondary N) is 1. The highest BCUT2D eigenvalue weighted by Gasteiger charge is 2.24. The van der Waals surface area contributed by atoms with Crippen molar-refractivity contribution in [2.45, 2.75) is 45.6 Å². The maximum absolute atomic E-state index is 12.8. The van der Waals surface area contributed by atoms with Crippen LogP contribution in [0, 0.1) is 13.8 Å². The van der Waals surface area contributed by atoms with E-state index in [4.69, 9.17) is 0 Å². The summed E-state index contributed by atoms with van der Waals surface area (Å²) in [5.41, 5.74) is 2.08. The Morgan fingerprint density at radius 1 is 1.22 bits per heavy atom. The molecule has 0 radical (unpaired) electrons. The quantitative estimate of drug-likeness (QED) is 0.664. The number of hydrogen-bond acceptors (Lipinski definition) is 4. The Kier molecular flexibility index (Phi) is 7.15. The van der Waals surface area contributed by atoms with Crippen molar-refractivity contribution in [3.05, 3.63) is 47.3 Å². The Balaban J connectivity index is 2.04. The zero-order valence-corrected chi connectivity index (χ0v) is 17.2. The second-order valence-electron chi connectivity index (χ2n) is 6.46. The van der Waals surface area contributed by atoms with E-state index in [1.165, 1.54) is 10.4 Å². The minimum absolute atomic E-state index is 0.186. The molecule has 1 aromatic heterocycles. The summed E-state index contributed by atoms with van der Waals surface area (Å²) in [4.78, 5) is 12.6. The summed E-state index contributed by atoms with van der Waals surface area (Å²) < 4.78 is 28.8. The monoisotopic (exact) mass is 392 g/mol. The third-order valence-corrected chi connectivity index (χ3v) is 6.58. The first-order valence-electron chi connectivity index (χ1n) is 9.17. The van der Waals surface area contributed by atoms with Gasteiger partial charge in [0.2, 0.25) is 10.0 Å². The fourth-order valence-corrected chi connectivity index (χ4v) is 4.56. The Morgan fingerprint density at radius 3 is 2.52 bits per heavy atom. The molecule has 0 spiro atoms. The van der Waals surface area contributed by atoms with Crippen LogP contribution >= 0.6 is 0 Å². The van der Waals surface area contributed by atoms with Crippen LogP contribution in [-0.4, -0.2) is 48.0 Å². The van der Waals surface area contributed by atoms with Crippen molar-refractivity contribution < 1.29 is 13.2 Å². The number of aromatic nitrogens is 2. The molecular formula is C19H28N4O3S. The molecule has 7 nitrogen and oxygen atoms in total. The van der Waals surface area contributed by atoms with E-state index in [0.717, 1.165) is 12.0 Å². The summed E-state index contributed by atoms with van der Waals surface area (Å²) in [6.07, 6.45) is 4.48. The van der Waals surface area contributed by atoms with Crippen LogP contribution in [0.2, 0.25) is 0 Å². The molecule has 1 heterocycles. The number of benzene rings is 1. The number of sulfonamides is 1. The minimum Gasteiger partial charge on any atom is -0.352 e. The van der Waals surface area contributed by atoms with Gasteiger partial charge in [-0.1, -0.05) is 19.9 Å². The van der Waals surface area contributed by atoms with Gasteiger partial charge in [0.15, 0.2) is 0 Å². The molecule has 0 atom stereocenters. The van der Waals surface area contributed by atoms with Gasteiger partial charge in [0.1, 0.15) is 0 Å². The molecule has 0 saturated carbocycles. The number of rotatable bonds is 9. The van der Waals surface area contributed by atoms with Gasteiger partial charge in [-0.2, -0.15) is 9.40 Å². The van der Waals surface area contributed by atoms with Gasteiger partial charge in [0.25, 0.3) is 5.91 Å². The lowest BCUT2D eigenvalue weighted by Gasteiger charge is -2.20. The molecule has 2 aromatic rings. The summed E-state index contributed by atoms with van der Waals surface area (Å²) in [6, 6.07) is 4.80. The molecule has 27 heavy (non-hydrogen) atoms. The molecule has 0 bridgehead atoms. The molecule has 8 heteroatoms. The number of aryl methyl sites for hydroxylation is 3. The van der Waals surface area contributed by atoms with Crippen molar-refractivity contribution in [2.24, 2.45) is 0 Å². The van der Waals surface area contributed by atoms with E-state index >= 15 is 0 Å². The molecular weight excluding hydrogens is 364 g/mol. The molecule has 0 fully saturated rings. The highest BCUT2D eigenvalue weighted by Crippen LogP contribution is 2.21. The topological polar surface area (TPSA) is 84.3 Å². The smallest absolute Gasteiger partial charge is 0.251 e. The van der Waals surface area contributed by atoms with Gasteiger partial charge in [-0.05, 0) is 43.5 Å².